The molecule has 4 rings (SSSR count). The Morgan fingerprint density at radius 2 is 1.65 bits per heavy atom. The van der Waals surface area contributed by atoms with Crippen molar-refractivity contribution in [3.63, 3.8) is 0 Å². The molecular weight excluding hydrogens is 395 g/mol. The molecule has 3 heterocycles. The zero-order valence-corrected chi connectivity index (χ0v) is 16.3. The van der Waals surface area contributed by atoms with E-state index in [0.717, 1.165) is 37.5 Å². The number of nitrogens with zero attached hydrogens (tertiary/aromatic N) is 2. The van der Waals surface area contributed by atoms with Gasteiger partial charge in [-0.25, -0.2) is 13.4 Å². The smallest absolute Gasteiger partial charge is 0.210 e. The zero-order chi connectivity index (χ0) is 16.6. The number of piperazine rings is 1. The van der Waals surface area contributed by atoms with Gasteiger partial charge in [-0.2, -0.15) is 0 Å². The van der Waals surface area contributed by atoms with E-state index in [1.807, 2.05) is 12.1 Å². The SMILES string of the molecule is Cl.Cl.O=S(=O)(c1ccccc1)c1c[nH]c2ccc(N3CCNCC3)nc12. The molecule has 0 radical (unpaired) electrons. The predicted octanol–water partition coefficient (Wildman–Crippen LogP) is 2.65. The van der Waals surface area contributed by atoms with Crippen LogP contribution in [0.2, 0.25) is 0 Å². The first-order valence-electron chi connectivity index (χ1n) is 7.90. The highest BCUT2D eigenvalue weighted by Gasteiger charge is 2.23. The zero-order valence-electron chi connectivity index (χ0n) is 13.9. The van der Waals surface area contributed by atoms with Crippen molar-refractivity contribution >= 4 is 51.5 Å². The molecule has 0 amide bonds. The van der Waals surface area contributed by atoms with Crippen LogP contribution in [0.25, 0.3) is 11.0 Å². The highest BCUT2D eigenvalue weighted by Crippen LogP contribution is 2.28. The van der Waals surface area contributed by atoms with Crippen molar-refractivity contribution in [3.8, 4) is 0 Å². The highest BCUT2D eigenvalue weighted by atomic mass is 35.5. The number of pyridine rings is 1. The fourth-order valence-corrected chi connectivity index (χ4v) is 4.36. The maximum absolute atomic E-state index is 12.9. The second kappa shape index (κ2) is 8.26. The number of sulfone groups is 1. The van der Waals surface area contributed by atoms with E-state index in [1.54, 1.807) is 30.3 Å². The van der Waals surface area contributed by atoms with Gasteiger partial charge < -0.3 is 15.2 Å². The lowest BCUT2D eigenvalue weighted by molar-refractivity contribution is 0.585. The van der Waals surface area contributed by atoms with Gasteiger partial charge in [-0.3, -0.25) is 0 Å². The molecule has 0 atom stereocenters. The number of H-pyrrole nitrogens is 1. The van der Waals surface area contributed by atoms with Crippen LogP contribution in [0.3, 0.4) is 0 Å². The van der Waals surface area contributed by atoms with Gasteiger partial charge in [0, 0.05) is 32.4 Å². The lowest BCUT2D eigenvalue weighted by Crippen LogP contribution is -2.43. The Balaban J connectivity index is 0.00000121. The second-order valence-corrected chi connectivity index (χ2v) is 7.69. The van der Waals surface area contributed by atoms with Crippen LogP contribution in [0.1, 0.15) is 0 Å². The minimum Gasteiger partial charge on any atom is -0.359 e. The topological polar surface area (TPSA) is 78.1 Å². The number of nitrogens with one attached hydrogen (secondary N) is 2. The van der Waals surface area contributed by atoms with E-state index in [-0.39, 0.29) is 34.6 Å². The minimum absolute atomic E-state index is 0. The van der Waals surface area contributed by atoms with E-state index < -0.39 is 9.84 Å². The van der Waals surface area contributed by atoms with Gasteiger partial charge in [-0.15, -0.1) is 24.8 Å². The number of aromatic nitrogens is 2. The third-order valence-electron chi connectivity index (χ3n) is 4.26. The first kappa shape index (κ1) is 20.5. The molecule has 26 heavy (non-hydrogen) atoms. The normalized spacial score (nSPS) is 14.5. The molecule has 6 nitrogen and oxygen atoms in total. The van der Waals surface area contributed by atoms with Crippen molar-refractivity contribution in [2.24, 2.45) is 0 Å². The van der Waals surface area contributed by atoms with E-state index in [9.17, 15) is 8.42 Å². The predicted molar refractivity (Wildman–Crippen MR) is 108 cm³/mol. The van der Waals surface area contributed by atoms with Crippen molar-refractivity contribution < 1.29 is 8.42 Å². The first-order chi connectivity index (χ1) is 11.7. The fraction of sp³-hybridized carbons (Fsp3) is 0.235. The average Bonchev–Trinajstić information content (AvgIpc) is 3.07. The van der Waals surface area contributed by atoms with Gasteiger partial charge >= 0.3 is 0 Å². The number of aromatic amines is 1. The van der Waals surface area contributed by atoms with Gasteiger partial charge in [0.1, 0.15) is 16.2 Å². The Bertz CT molecular complexity index is 971. The Hall–Kier alpha value is -1.80. The summed E-state index contributed by atoms with van der Waals surface area (Å²) in [5, 5.41) is 3.30. The average molecular weight is 415 g/mol. The molecule has 0 spiro atoms. The molecule has 2 aromatic heterocycles. The molecule has 2 N–H and O–H groups in total. The lowest BCUT2D eigenvalue weighted by Gasteiger charge is -2.28. The first-order valence-corrected chi connectivity index (χ1v) is 9.38. The molecule has 1 aliphatic heterocycles. The summed E-state index contributed by atoms with van der Waals surface area (Å²) < 4.78 is 25.8. The van der Waals surface area contributed by atoms with E-state index in [0.29, 0.717) is 5.52 Å². The largest absolute Gasteiger partial charge is 0.359 e. The number of hydrogen-bond donors (Lipinski definition) is 2. The summed E-state index contributed by atoms with van der Waals surface area (Å²) in [5.41, 5.74) is 1.22. The Labute approximate surface area is 164 Å². The maximum Gasteiger partial charge on any atom is 0.210 e. The van der Waals surface area contributed by atoms with Crippen LogP contribution < -0.4 is 10.2 Å². The minimum atomic E-state index is -3.59. The molecule has 1 aromatic carbocycles. The summed E-state index contributed by atoms with van der Waals surface area (Å²) in [6.45, 7) is 3.54. The summed E-state index contributed by atoms with van der Waals surface area (Å²) in [7, 11) is -3.59. The van der Waals surface area contributed by atoms with Crippen LogP contribution in [0.15, 0.2) is 58.5 Å². The number of fused-ring (bicyclic) bond motifs is 1. The van der Waals surface area contributed by atoms with Crippen molar-refractivity contribution in [1.29, 1.82) is 0 Å². The molecule has 1 aliphatic rings. The standard InChI is InChI=1S/C17H18N4O2S.2ClH/c22-24(23,13-4-2-1-3-5-13)15-12-19-14-6-7-16(20-17(14)15)21-10-8-18-9-11-21;;/h1-7,12,18-19H,8-11H2;2*1H. The third kappa shape index (κ3) is 3.66. The molecule has 1 saturated heterocycles. The van der Waals surface area contributed by atoms with E-state index in [1.165, 1.54) is 6.20 Å². The summed E-state index contributed by atoms with van der Waals surface area (Å²) in [6.07, 6.45) is 1.53. The van der Waals surface area contributed by atoms with E-state index in [4.69, 9.17) is 0 Å². The highest BCUT2D eigenvalue weighted by molar-refractivity contribution is 7.91. The van der Waals surface area contributed by atoms with Crippen LogP contribution >= 0.6 is 24.8 Å². The lowest BCUT2D eigenvalue weighted by atomic mass is 10.3. The molecule has 0 aliphatic carbocycles. The molecule has 1 fully saturated rings. The maximum atomic E-state index is 12.9. The Kier molecular flexibility index (Phi) is 6.52. The monoisotopic (exact) mass is 414 g/mol. The molecule has 0 saturated carbocycles. The van der Waals surface area contributed by atoms with Crippen LogP contribution in [-0.4, -0.2) is 44.6 Å². The third-order valence-corrected chi connectivity index (χ3v) is 6.04. The van der Waals surface area contributed by atoms with E-state index >= 15 is 0 Å². The van der Waals surface area contributed by atoms with Crippen LogP contribution in [0.5, 0.6) is 0 Å². The molecule has 140 valence electrons. The summed E-state index contributed by atoms with van der Waals surface area (Å²) >= 11 is 0. The van der Waals surface area contributed by atoms with Gasteiger partial charge in [0.25, 0.3) is 0 Å². The molecule has 3 aromatic rings. The number of halogens is 2. The second-order valence-electron chi connectivity index (χ2n) is 5.77. The Morgan fingerprint density at radius 3 is 2.35 bits per heavy atom. The summed E-state index contributed by atoms with van der Waals surface area (Å²) in [4.78, 5) is 10.3. The van der Waals surface area contributed by atoms with Crippen molar-refractivity contribution in [3.05, 3.63) is 48.7 Å². The Morgan fingerprint density at radius 1 is 0.962 bits per heavy atom. The number of hydrogen-bond acceptors (Lipinski definition) is 5. The van der Waals surface area contributed by atoms with Gasteiger partial charge in [0.15, 0.2) is 0 Å². The quantitative estimate of drug-likeness (QED) is 0.688. The van der Waals surface area contributed by atoms with Crippen molar-refractivity contribution in [2.75, 3.05) is 31.1 Å². The summed E-state index contributed by atoms with van der Waals surface area (Å²) in [5.74, 6) is 0.813. The van der Waals surface area contributed by atoms with Crippen LogP contribution in [0.4, 0.5) is 5.82 Å². The fourth-order valence-electron chi connectivity index (χ4n) is 2.97. The molecule has 0 bridgehead atoms. The van der Waals surface area contributed by atoms with E-state index in [2.05, 4.69) is 20.2 Å². The molecule has 0 unspecified atom stereocenters. The van der Waals surface area contributed by atoms with Crippen LogP contribution in [0, 0.1) is 0 Å². The van der Waals surface area contributed by atoms with Gasteiger partial charge in [-0.05, 0) is 24.3 Å². The summed E-state index contributed by atoms with van der Waals surface area (Å²) in [6, 6.07) is 12.3. The number of rotatable bonds is 3. The molecular formula is C17H20Cl2N4O2S. The van der Waals surface area contributed by atoms with Crippen molar-refractivity contribution in [2.45, 2.75) is 9.79 Å². The van der Waals surface area contributed by atoms with Crippen molar-refractivity contribution in [1.82, 2.24) is 15.3 Å². The van der Waals surface area contributed by atoms with Gasteiger partial charge in [-0.1, -0.05) is 18.2 Å². The molecule has 9 heteroatoms. The van der Waals surface area contributed by atoms with Gasteiger partial charge in [0.05, 0.1) is 10.4 Å². The van der Waals surface area contributed by atoms with Crippen LogP contribution in [-0.2, 0) is 9.84 Å². The number of benzene rings is 1. The number of anilines is 1. The van der Waals surface area contributed by atoms with Gasteiger partial charge in [0.2, 0.25) is 9.84 Å².